The van der Waals surface area contributed by atoms with E-state index in [1.807, 2.05) is 31.2 Å². The fourth-order valence-electron chi connectivity index (χ4n) is 4.58. The van der Waals surface area contributed by atoms with Crippen molar-refractivity contribution in [1.82, 2.24) is 4.98 Å². The Balaban J connectivity index is 1.65. The van der Waals surface area contributed by atoms with E-state index in [4.69, 9.17) is 4.74 Å². The molecule has 8 heteroatoms. The minimum Gasteiger partial charge on any atom is -0.507 e. The third-order valence-corrected chi connectivity index (χ3v) is 7.70. The van der Waals surface area contributed by atoms with Crippen LogP contribution in [0.3, 0.4) is 0 Å². The third kappa shape index (κ3) is 5.04. The maximum Gasteiger partial charge on any atom is 0.301 e. The average molecular weight is 545 g/mol. The number of hydrogen-bond donors (Lipinski definition) is 1. The van der Waals surface area contributed by atoms with Crippen molar-refractivity contribution in [1.29, 1.82) is 0 Å². The van der Waals surface area contributed by atoms with E-state index in [0.717, 1.165) is 23.3 Å². The molecule has 0 spiro atoms. The molecule has 1 aliphatic rings. The van der Waals surface area contributed by atoms with Gasteiger partial charge in [0.25, 0.3) is 5.78 Å². The van der Waals surface area contributed by atoms with Crippen LogP contribution in [-0.2, 0) is 15.0 Å². The molecule has 2 heterocycles. The summed E-state index contributed by atoms with van der Waals surface area (Å²) < 4.78 is 20.1. The van der Waals surface area contributed by atoms with Crippen LogP contribution in [-0.4, -0.2) is 28.4 Å². The molecule has 1 N–H and O–H groups in total. The van der Waals surface area contributed by atoms with Crippen LogP contribution in [0, 0.1) is 5.82 Å². The van der Waals surface area contributed by atoms with Crippen LogP contribution in [0.15, 0.2) is 72.3 Å². The molecule has 3 aromatic carbocycles. The molecule has 200 valence electrons. The molecule has 1 unspecified atom stereocenters. The normalized spacial score (nSPS) is 17.3. The number of amides is 1. The van der Waals surface area contributed by atoms with E-state index in [0.29, 0.717) is 33.7 Å². The van der Waals surface area contributed by atoms with Crippen molar-refractivity contribution in [2.45, 2.75) is 45.6 Å². The van der Waals surface area contributed by atoms with Gasteiger partial charge < -0.3 is 9.84 Å². The van der Waals surface area contributed by atoms with Crippen LogP contribution < -0.4 is 9.64 Å². The van der Waals surface area contributed by atoms with Gasteiger partial charge in [-0.15, -0.1) is 0 Å². The van der Waals surface area contributed by atoms with Gasteiger partial charge in [-0.1, -0.05) is 63.3 Å². The molecule has 1 atom stereocenters. The highest BCUT2D eigenvalue weighted by molar-refractivity contribution is 7.22. The average Bonchev–Trinajstić information content (AvgIpc) is 3.44. The van der Waals surface area contributed by atoms with E-state index in [1.165, 1.54) is 23.1 Å². The van der Waals surface area contributed by atoms with Gasteiger partial charge in [-0.05, 0) is 65.4 Å². The summed E-state index contributed by atoms with van der Waals surface area (Å²) in [5, 5.41) is 11.7. The van der Waals surface area contributed by atoms with E-state index in [-0.39, 0.29) is 21.9 Å². The van der Waals surface area contributed by atoms with Crippen molar-refractivity contribution in [2.24, 2.45) is 0 Å². The van der Waals surface area contributed by atoms with Crippen LogP contribution in [0.5, 0.6) is 5.75 Å². The highest BCUT2D eigenvalue weighted by Gasteiger charge is 2.48. The van der Waals surface area contributed by atoms with Crippen LogP contribution in [0.25, 0.3) is 16.0 Å². The number of carbonyl (C=O) groups is 2. The number of fused-ring (bicyclic) bond motifs is 1. The largest absolute Gasteiger partial charge is 0.507 e. The summed E-state index contributed by atoms with van der Waals surface area (Å²) in [4.78, 5) is 32.8. The molecule has 1 amide bonds. The van der Waals surface area contributed by atoms with Crippen molar-refractivity contribution in [3.8, 4) is 5.75 Å². The molecule has 39 heavy (non-hydrogen) atoms. The number of aliphatic hydroxyl groups excluding tert-OH is 1. The number of aliphatic hydroxyl groups is 1. The highest BCUT2D eigenvalue weighted by Crippen LogP contribution is 2.44. The van der Waals surface area contributed by atoms with Gasteiger partial charge in [0.1, 0.15) is 17.3 Å². The van der Waals surface area contributed by atoms with Crippen LogP contribution in [0.1, 0.15) is 56.8 Å². The predicted molar refractivity (Wildman–Crippen MR) is 152 cm³/mol. The number of carbonyl (C=O) groups excluding carboxylic acids is 2. The summed E-state index contributed by atoms with van der Waals surface area (Å²) in [6.45, 7) is 8.87. The van der Waals surface area contributed by atoms with Gasteiger partial charge in [-0.3, -0.25) is 14.5 Å². The topological polar surface area (TPSA) is 79.7 Å². The maximum absolute atomic E-state index is 13.9. The second-order valence-electron chi connectivity index (χ2n) is 10.5. The summed E-state index contributed by atoms with van der Waals surface area (Å²) in [7, 11) is 0. The molecule has 1 fully saturated rings. The third-order valence-electron chi connectivity index (χ3n) is 6.68. The molecule has 0 radical (unpaired) electrons. The smallest absolute Gasteiger partial charge is 0.301 e. The van der Waals surface area contributed by atoms with E-state index in [9.17, 15) is 19.1 Å². The number of aromatic nitrogens is 1. The van der Waals surface area contributed by atoms with Crippen LogP contribution in [0.4, 0.5) is 9.52 Å². The van der Waals surface area contributed by atoms with Gasteiger partial charge in [0, 0.05) is 5.56 Å². The molecule has 4 aromatic rings. The summed E-state index contributed by atoms with van der Waals surface area (Å²) in [5.41, 5.74) is 2.51. The molecule has 1 aromatic heterocycles. The van der Waals surface area contributed by atoms with Crippen molar-refractivity contribution in [3.63, 3.8) is 0 Å². The number of rotatable bonds is 6. The SMILES string of the molecule is CCCOc1ccc(C(O)=C2C(=O)C(=O)N(c3nc4ccc(F)cc4s3)C2c2ccc(C(C)(C)C)cc2)cc1. The zero-order valence-corrected chi connectivity index (χ0v) is 23.0. The Bertz CT molecular complexity index is 1580. The van der Waals surface area contributed by atoms with Crippen molar-refractivity contribution in [3.05, 3.63) is 94.8 Å². The van der Waals surface area contributed by atoms with Crippen molar-refractivity contribution >= 4 is 44.1 Å². The standard InChI is InChI=1S/C31H29FN2O4S/c1-5-16-38-22-13-8-19(9-14-22)27(35)25-26(18-6-10-20(11-7-18)31(2,3)4)34(29(37)28(25)36)30-33-23-15-12-21(32)17-24(23)39-30/h6-15,17,26,35H,5,16H2,1-4H3. The molecular formula is C31H29FN2O4S. The van der Waals surface area contributed by atoms with Crippen molar-refractivity contribution < 1.29 is 23.8 Å². The Kier molecular flexibility index (Phi) is 6.99. The minimum absolute atomic E-state index is 0.0313. The molecule has 0 bridgehead atoms. The lowest BCUT2D eigenvalue weighted by Gasteiger charge is -2.24. The number of halogens is 1. The number of nitrogens with zero attached hydrogens (tertiary/aromatic N) is 2. The molecule has 0 saturated carbocycles. The summed E-state index contributed by atoms with van der Waals surface area (Å²) >= 11 is 1.12. The highest BCUT2D eigenvalue weighted by atomic mass is 32.1. The van der Waals surface area contributed by atoms with Crippen LogP contribution >= 0.6 is 11.3 Å². The molecule has 6 nitrogen and oxygen atoms in total. The lowest BCUT2D eigenvalue weighted by molar-refractivity contribution is -0.132. The fourth-order valence-corrected chi connectivity index (χ4v) is 5.60. The fraction of sp³-hybridized carbons (Fsp3) is 0.258. The minimum atomic E-state index is -0.916. The van der Waals surface area contributed by atoms with Gasteiger partial charge >= 0.3 is 5.91 Å². The van der Waals surface area contributed by atoms with E-state index in [1.54, 1.807) is 24.3 Å². The van der Waals surface area contributed by atoms with Gasteiger partial charge in [-0.25, -0.2) is 9.37 Å². The maximum atomic E-state index is 13.9. The lowest BCUT2D eigenvalue weighted by atomic mass is 9.85. The van der Waals surface area contributed by atoms with Crippen LogP contribution in [0.2, 0.25) is 0 Å². The van der Waals surface area contributed by atoms with E-state index < -0.39 is 23.5 Å². The van der Waals surface area contributed by atoms with Crippen molar-refractivity contribution in [2.75, 3.05) is 11.5 Å². The van der Waals surface area contributed by atoms with Gasteiger partial charge in [0.2, 0.25) is 0 Å². The Labute approximate surface area is 230 Å². The lowest BCUT2D eigenvalue weighted by Crippen LogP contribution is -2.29. The summed E-state index contributed by atoms with van der Waals surface area (Å²) in [6.07, 6.45) is 0.859. The number of Topliss-reactive ketones (excluding diaryl/α,β-unsaturated/α-hetero) is 1. The first-order valence-electron chi connectivity index (χ1n) is 12.8. The summed E-state index contributed by atoms with van der Waals surface area (Å²) in [5.74, 6) is -1.67. The quantitative estimate of drug-likeness (QED) is 0.158. The first-order chi connectivity index (χ1) is 18.6. The second-order valence-corrected chi connectivity index (χ2v) is 11.5. The molecule has 1 aliphatic heterocycles. The molecule has 1 saturated heterocycles. The Morgan fingerprint density at radius 3 is 2.38 bits per heavy atom. The van der Waals surface area contributed by atoms with E-state index in [2.05, 4.69) is 25.8 Å². The number of anilines is 1. The van der Waals surface area contributed by atoms with Gasteiger partial charge in [-0.2, -0.15) is 0 Å². The first-order valence-corrected chi connectivity index (χ1v) is 13.6. The van der Waals surface area contributed by atoms with Gasteiger partial charge in [0.05, 0.1) is 28.4 Å². The predicted octanol–water partition coefficient (Wildman–Crippen LogP) is 7.15. The summed E-state index contributed by atoms with van der Waals surface area (Å²) in [6, 6.07) is 17.7. The Morgan fingerprint density at radius 1 is 1.05 bits per heavy atom. The zero-order chi connectivity index (χ0) is 27.9. The number of hydrogen-bond acceptors (Lipinski definition) is 6. The second kappa shape index (κ2) is 10.3. The monoisotopic (exact) mass is 544 g/mol. The number of ether oxygens (including phenoxy) is 1. The Morgan fingerprint density at radius 2 is 1.74 bits per heavy atom. The molecule has 0 aliphatic carbocycles. The molecular weight excluding hydrogens is 515 g/mol. The number of benzene rings is 3. The number of thiazole rings is 1. The van der Waals surface area contributed by atoms with E-state index >= 15 is 0 Å². The zero-order valence-electron chi connectivity index (χ0n) is 22.2. The molecule has 5 rings (SSSR count). The van der Waals surface area contributed by atoms with Gasteiger partial charge in [0.15, 0.2) is 5.13 Å². The first kappa shape index (κ1) is 26.6. The Hall–Kier alpha value is -4.04. The number of ketones is 1.